The van der Waals surface area contributed by atoms with Gasteiger partial charge in [0.25, 0.3) is 5.91 Å². The highest BCUT2D eigenvalue weighted by molar-refractivity contribution is 7.16. The molecule has 2 amide bonds. The fourth-order valence-electron chi connectivity index (χ4n) is 2.48. The molecule has 0 aliphatic heterocycles. The second kappa shape index (κ2) is 7.94. The van der Waals surface area contributed by atoms with E-state index in [9.17, 15) is 19.5 Å². The quantitative estimate of drug-likeness (QED) is 0.727. The molecule has 1 aromatic heterocycles. The maximum atomic E-state index is 12.5. The van der Waals surface area contributed by atoms with Gasteiger partial charge >= 0.3 is 5.97 Å². The van der Waals surface area contributed by atoms with E-state index in [1.807, 2.05) is 13.8 Å². The molecule has 3 N–H and O–H groups in total. The Morgan fingerprint density at radius 3 is 2.48 bits per heavy atom. The molecule has 1 aromatic carbocycles. The maximum absolute atomic E-state index is 12.5. The highest BCUT2D eigenvalue weighted by atomic mass is 32.1. The molecule has 2 aromatic rings. The SMILES string of the molecule is CCC(=O)Nc1cccc(C(=O)Nc2sc(C)c(CC)c2C(=O)O)c1. The van der Waals surface area contributed by atoms with Crippen molar-refractivity contribution in [1.82, 2.24) is 0 Å². The molecular formula is C18H20N2O4S. The number of carbonyl (C=O) groups is 3. The van der Waals surface area contributed by atoms with Crippen LogP contribution in [-0.2, 0) is 11.2 Å². The van der Waals surface area contributed by atoms with Crippen molar-refractivity contribution in [1.29, 1.82) is 0 Å². The Hall–Kier alpha value is -2.67. The van der Waals surface area contributed by atoms with Crippen molar-refractivity contribution in [3.63, 3.8) is 0 Å². The van der Waals surface area contributed by atoms with Crippen LogP contribution in [0, 0.1) is 6.92 Å². The van der Waals surface area contributed by atoms with Crippen LogP contribution in [0.5, 0.6) is 0 Å². The average Bonchev–Trinajstić information content (AvgIpc) is 2.90. The third kappa shape index (κ3) is 4.24. The Morgan fingerprint density at radius 2 is 1.88 bits per heavy atom. The summed E-state index contributed by atoms with van der Waals surface area (Å²) in [6.07, 6.45) is 0.922. The minimum atomic E-state index is -1.06. The number of hydrogen-bond acceptors (Lipinski definition) is 4. The molecule has 6 nitrogen and oxygen atoms in total. The highest BCUT2D eigenvalue weighted by Gasteiger charge is 2.22. The van der Waals surface area contributed by atoms with Crippen LogP contribution in [0.2, 0.25) is 0 Å². The third-order valence-electron chi connectivity index (χ3n) is 3.73. The number of thiophene rings is 1. The lowest BCUT2D eigenvalue weighted by molar-refractivity contribution is -0.115. The first kappa shape index (κ1) is 18.7. The summed E-state index contributed by atoms with van der Waals surface area (Å²) in [5.74, 6) is -1.62. The van der Waals surface area contributed by atoms with Gasteiger partial charge in [-0.05, 0) is 37.1 Å². The minimum absolute atomic E-state index is 0.146. The molecule has 132 valence electrons. The Morgan fingerprint density at radius 1 is 1.16 bits per heavy atom. The molecule has 0 spiro atoms. The standard InChI is InChI=1S/C18H20N2O4S/c1-4-13-10(3)25-17(15(13)18(23)24)20-16(22)11-7-6-8-12(9-11)19-14(21)5-2/h6-9H,4-5H2,1-3H3,(H,19,21)(H,20,22)(H,23,24). The van der Waals surface area contributed by atoms with Crippen molar-refractivity contribution in [2.45, 2.75) is 33.6 Å². The van der Waals surface area contributed by atoms with E-state index in [0.717, 1.165) is 10.4 Å². The van der Waals surface area contributed by atoms with Crippen LogP contribution >= 0.6 is 11.3 Å². The smallest absolute Gasteiger partial charge is 0.339 e. The predicted octanol–water partition coefficient (Wildman–Crippen LogP) is 3.92. The van der Waals surface area contributed by atoms with Gasteiger partial charge in [0.1, 0.15) is 5.00 Å². The van der Waals surface area contributed by atoms with Crippen LogP contribution in [0.1, 0.15) is 51.4 Å². The van der Waals surface area contributed by atoms with E-state index in [4.69, 9.17) is 0 Å². The third-order valence-corrected chi connectivity index (χ3v) is 4.80. The number of nitrogens with one attached hydrogen (secondary N) is 2. The fraction of sp³-hybridized carbons (Fsp3) is 0.278. The number of anilines is 2. The van der Waals surface area contributed by atoms with E-state index in [1.165, 1.54) is 11.3 Å². The summed E-state index contributed by atoms with van der Waals surface area (Å²) in [7, 11) is 0. The second-order valence-electron chi connectivity index (χ2n) is 5.44. The van der Waals surface area contributed by atoms with Crippen LogP contribution < -0.4 is 10.6 Å². The van der Waals surface area contributed by atoms with E-state index < -0.39 is 11.9 Å². The molecule has 0 aliphatic carbocycles. The molecule has 0 aliphatic rings. The Kier molecular flexibility index (Phi) is 5.93. The van der Waals surface area contributed by atoms with Gasteiger partial charge in [0.15, 0.2) is 0 Å². The maximum Gasteiger partial charge on any atom is 0.339 e. The zero-order valence-corrected chi connectivity index (χ0v) is 15.1. The van der Waals surface area contributed by atoms with Gasteiger partial charge in [-0.3, -0.25) is 9.59 Å². The molecule has 0 fully saturated rings. The monoisotopic (exact) mass is 360 g/mol. The van der Waals surface area contributed by atoms with Crippen LogP contribution in [0.25, 0.3) is 0 Å². The van der Waals surface area contributed by atoms with Gasteiger partial charge in [0.2, 0.25) is 5.91 Å². The van der Waals surface area contributed by atoms with E-state index in [-0.39, 0.29) is 11.5 Å². The van der Waals surface area contributed by atoms with Gasteiger partial charge in [-0.1, -0.05) is 19.9 Å². The lowest BCUT2D eigenvalue weighted by Gasteiger charge is -2.08. The number of rotatable bonds is 6. The summed E-state index contributed by atoms with van der Waals surface area (Å²) in [4.78, 5) is 36.4. The summed E-state index contributed by atoms with van der Waals surface area (Å²) in [5, 5.41) is 15.2. The van der Waals surface area contributed by atoms with Crippen LogP contribution in [-0.4, -0.2) is 22.9 Å². The molecule has 0 bridgehead atoms. The first-order valence-electron chi connectivity index (χ1n) is 7.94. The molecule has 7 heteroatoms. The predicted molar refractivity (Wildman–Crippen MR) is 98.7 cm³/mol. The van der Waals surface area contributed by atoms with Crippen LogP contribution in [0.3, 0.4) is 0 Å². The summed E-state index contributed by atoms with van der Waals surface area (Å²) >= 11 is 1.25. The lowest BCUT2D eigenvalue weighted by Crippen LogP contribution is -2.15. The van der Waals surface area contributed by atoms with E-state index in [0.29, 0.717) is 29.1 Å². The zero-order valence-electron chi connectivity index (χ0n) is 14.3. The average molecular weight is 360 g/mol. The number of hydrogen-bond donors (Lipinski definition) is 3. The number of carboxylic acid groups (broad SMARTS) is 1. The van der Waals surface area contributed by atoms with Gasteiger partial charge in [-0.2, -0.15) is 0 Å². The molecule has 1 heterocycles. The molecule has 0 radical (unpaired) electrons. The summed E-state index contributed by atoms with van der Waals surface area (Å²) < 4.78 is 0. The van der Waals surface area contributed by atoms with Crippen molar-refractivity contribution in [2.75, 3.05) is 10.6 Å². The van der Waals surface area contributed by atoms with Gasteiger partial charge < -0.3 is 15.7 Å². The van der Waals surface area contributed by atoms with Gasteiger partial charge in [-0.15, -0.1) is 11.3 Å². The zero-order chi connectivity index (χ0) is 18.6. The van der Waals surface area contributed by atoms with Crippen molar-refractivity contribution in [3.05, 3.63) is 45.8 Å². The first-order chi connectivity index (χ1) is 11.9. The lowest BCUT2D eigenvalue weighted by atomic mass is 10.1. The van der Waals surface area contributed by atoms with E-state index in [1.54, 1.807) is 31.2 Å². The molecular weight excluding hydrogens is 340 g/mol. The normalized spacial score (nSPS) is 10.4. The van der Waals surface area contributed by atoms with Crippen molar-refractivity contribution in [2.24, 2.45) is 0 Å². The fourth-order valence-corrected chi connectivity index (χ4v) is 3.61. The Balaban J connectivity index is 2.27. The van der Waals surface area contributed by atoms with E-state index in [2.05, 4.69) is 10.6 Å². The van der Waals surface area contributed by atoms with Gasteiger partial charge in [0, 0.05) is 22.5 Å². The molecule has 0 unspecified atom stereocenters. The topological polar surface area (TPSA) is 95.5 Å². The highest BCUT2D eigenvalue weighted by Crippen LogP contribution is 2.33. The molecule has 0 saturated heterocycles. The van der Waals surface area contributed by atoms with Gasteiger partial charge in [-0.25, -0.2) is 4.79 Å². The second-order valence-corrected chi connectivity index (χ2v) is 6.66. The van der Waals surface area contributed by atoms with Crippen molar-refractivity contribution in [3.8, 4) is 0 Å². The number of benzene rings is 1. The largest absolute Gasteiger partial charge is 0.478 e. The van der Waals surface area contributed by atoms with Crippen molar-refractivity contribution < 1.29 is 19.5 Å². The number of carboxylic acids is 1. The summed E-state index contributed by atoms with van der Waals surface area (Å²) in [6.45, 7) is 5.46. The number of aryl methyl sites for hydroxylation is 1. The van der Waals surface area contributed by atoms with Crippen molar-refractivity contribution >= 4 is 39.8 Å². The Labute approximate surface area is 149 Å². The molecule has 25 heavy (non-hydrogen) atoms. The van der Waals surface area contributed by atoms with E-state index >= 15 is 0 Å². The number of aromatic carboxylic acids is 1. The number of carbonyl (C=O) groups excluding carboxylic acids is 2. The molecule has 0 saturated carbocycles. The molecule has 2 rings (SSSR count). The Bertz CT molecular complexity index is 826. The summed E-state index contributed by atoms with van der Waals surface area (Å²) in [5.41, 5.74) is 1.74. The first-order valence-corrected chi connectivity index (χ1v) is 8.75. The van der Waals surface area contributed by atoms with Crippen LogP contribution in [0.15, 0.2) is 24.3 Å². The number of amides is 2. The summed E-state index contributed by atoms with van der Waals surface area (Å²) in [6, 6.07) is 6.52. The van der Waals surface area contributed by atoms with Crippen LogP contribution in [0.4, 0.5) is 10.7 Å². The molecule has 0 atom stereocenters. The minimum Gasteiger partial charge on any atom is -0.478 e. The van der Waals surface area contributed by atoms with Gasteiger partial charge in [0.05, 0.1) is 5.56 Å².